The molecule has 0 unspecified atom stereocenters. The first-order valence-electron chi connectivity index (χ1n) is 12.0. The number of nitrogens with one attached hydrogen (secondary N) is 1. The Morgan fingerprint density at radius 3 is 2.50 bits per heavy atom. The van der Waals surface area contributed by atoms with Gasteiger partial charge in [-0.3, -0.25) is 4.79 Å². The van der Waals surface area contributed by atoms with E-state index in [1.54, 1.807) is 0 Å². The van der Waals surface area contributed by atoms with Crippen LogP contribution >= 0.6 is 0 Å². The van der Waals surface area contributed by atoms with E-state index in [4.69, 9.17) is 4.74 Å². The average molecular weight is 437 g/mol. The maximum Gasteiger partial charge on any atom is 0.253 e. The summed E-state index contributed by atoms with van der Waals surface area (Å²) in [4.78, 5) is 14.6. The number of carbonyl (C=O) groups is 1. The van der Waals surface area contributed by atoms with E-state index in [0.717, 1.165) is 69.4 Å². The monoisotopic (exact) mass is 436 g/mol. The second-order valence-electron chi connectivity index (χ2n) is 9.38. The van der Waals surface area contributed by atoms with Crippen molar-refractivity contribution < 1.29 is 14.6 Å². The minimum absolute atomic E-state index is 0.0904. The zero-order valence-corrected chi connectivity index (χ0v) is 19.1. The molecule has 172 valence electrons. The Kier molecular flexibility index (Phi) is 7.95. The summed E-state index contributed by atoms with van der Waals surface area (Å²) in [6.45, 7) is 2.50. The first-order chi connectivity index (χ1) is 15.6. The van der Waals surface area contributed by atoms with Crippen LogP contribution in [-0.4, -0.2) is 54.8 Å². The first kappa shape index (κ1) is 23.0. The van der Waals surface area contributed by atoms with Crippen molar-refractivity contribution in [2.45, 2.75) is 56.7 Å². The van der Waals surface area contributed by atoms with Gasteiger partial charge in [-0.05, 0) is 67.7 Å². The van der Waals surface area contributed by atoms with E-state index < -0.39 is 6.10 Å². The van der Waals surface area contributed by atoms with Crippen LogP contribution in [0.15, 0.2) is 54.6 Å². The third-order valence-corrected chi connectivity index (χ3v) is 7.04. The Morgan fingerprint density at radius 2 is 1.78 bits per heavy atom. The second kappa shape index (κ2) is 11.1. The Balaban J connectivity index is 1.25. The minimum Gasteiger partial charge on any atom is -0.387 e. The van der Waals surface area contributed by atoms with Crippen molar-refractivity contribution in [3.8, 4) is 0 Å². The predicted molar refractivity (Wildman–Crippen MR) is 127 cm³/mol. The third-order valence-electron chi connectivity index (χ3n) is 7.04. The molecule has 2 fully saturated rings. The van der Waals surface area contributed by atoms with Crippen molar-refractivity contribution in [1.29, 1.82) is 0 Å². The SMILES string of the molecule is CN(CCC1CCOCC1)C(=O)c1ccc(C[C@@H]2CC[C@H]([C@H](O)c3ccccc3)N2)cc1. The summed E-state index contributed by atoms with van der Waals surface area (Å²) in [5.74, 6) is 0.762. The first-order valence-corrected chi connectivity index (χ1v) is 12.0. The van der Waals surface area contributed by atoms with Crippen LogP contribution in [0, 0.1) is 5.92 Å². The highest BCUT2D eigenvalue weighted by Gasteiger charge is 2.29. The molecule has 2 saturated heterocycles. The van der Waals surface area contributed by atoms with E-state index >= 15 is 0 Å². The summed E-state index contributed by atoms with van der Waals surface area (Å²) in [6.07, 6.45) is 5.71. The number of aliphatic hydroxyl groups excluding tert-OH is 1. The van der Waals surface area contributed by atoms with Crippen LogP contribution in [0.2, 0.25) is 0 Å². The normalized spacial score (nSPS) is 22.6. The number of benzene rings is 2. The molecule has 0 saturated carbocycles. The van der Waals surface area contributed by atoms with Gasteiger partial charge in [-0.2, -0.15) is 0 Å². The van der Waals surface area contributed by atoms with Gasteiger partial charge in [0.15, 0.2) is 0 Å². The number of ether oxygens (including phenoxy) is 1. The van der Waals surface area contributed by atoms with Crippen LogP contribution in [0.4, 0.5) is 0 Å². The van der Waals surface area contributed by atoms with E-state index in [9.17, 15) is 9.90 Å². The molecule has 2 N–H and O–H groups in total. The molecule has 5 nitrogen and oxygen atoms in total. The quantitative estimate of drug-likeness (QED) is 0.657. The highest BCUT2D eigenvalue weighted by atomic mass is 16.5. The number of carbonyl (C=O) groups excluding carboxylic acids is 1. The molecule has 4 rings (SSSR count). The molecule has 2 aliphatic heterocycles. The van der Waals surface area contributed by atoms with Crippen LogP contribution in [0.5, 0.6) is 0 Å². The maximum absolute atomic E-state index is 12.8. The van der Waals surface area contributed by atoms with E-state index in [2.05, 4.69) is 17.4 Å². The number of aliphatic hydroxyl groups is 1. The number of hydrogen-bond acceptors (Lipinski definition) is 4. The van der Waals surface area contributed by atoms with E-state index in [0.29, 0.717) is 12.0 Å². The lowest BCUT2D eigenvalue weighted by Crippen LogP contribution is -2.35. The second-order valence-corrected chi connectivity index (χ2v) is 9.38. The number of amides is 1. The van der Waals surface area contributed by atoms with E-state index in [-0.39, 0.29) is 11.9 Å². The van der Waals surface area contributed by atoms with Gasteiger partial charge in [0.1, 0.15) is 0 Å². The molecular formula is C27H36N2O3. The predicted octanol–water partition coefficient (Wildman–Crippen LogP) is 3.97. The minimum atomic E-state index is -0.474. The van der Waals surface area contributed by atoms with E-state index in [1.165, 1.54) is 5.56 Å². The lowest BCUT2D eigenvalue weighted by molar-refractivity contribution is 0.0583. The molecule has 0 aromatic heterocycles. The van der Waals surface area contributed by atoms with Crippen LogP contribution in [0.1, 0.15) is 59.7 Å². The third kappa shape index (κ3) is 5.97. The summed E-state index contributed by atoms with van der Waals surface area (Å²) in [6, 6.07) is 18.4. The average Bonchev–Trinajstić information content (AvgIpc) is 3.31. The van der Waals surface area contributed by atoms with Gasteiger partial charge >= 0.3 is 0 Å². The van der Waals surface area contributed by atoms with Gasteiger partial charge in [0.2, 0.25) is 0 Å². The fourth-order valence-corrected chi connectivity index (χ4v) is 4.94. The summed E-state index contributed by atoms with van der Waals surface area (Å²) in [5.41, 5.74) is 2.94. The van der Waals surface area contributed by atoms with Gasteiger partial charge in [-0.15, -0.1) is 0 Å². The Labute approximate surface area is 191 Å². The summed E-state index contributed by atoms with van der Waals surface area (Å²) in [5, 5.41) is 14.3. The highest BCUT2D eigenvalue weighted by Crippen LogP contribution is 2.27. The van der Waals surface area contributed by atoms with Crippen LogP contribution in [0.3, 0.4) is 0 Å². The van der Waals surface area contributed by atoms with Gasteiger partial charge in [0.05, 0.1) is 6.10 Å². The molecule has 2 heterocycles. The van der Waals surface area contributed by atoms with Crippen molar-refractivity contribution in [2.75, 3.05) is 26.8 Å². The summed E-state index contributed by atoms with van der Waals surface area (Å²) < 4.78 is 5.42. The van der Waals surface area contributed by atoms with Crippen LogP contribution in [0.25, 0.3) is 0 Å². The van der Waals surface area contributed by atoms with Gasteiger partial charge in [0.25, 0.3) is 5.91 Å². The van der Waals surface area contributed by atoms with Gasteiger partial charge in [-0.1, -0.05) is 42.5 Å². The topological polar surface area (TPSA) is 61.8 Å². The molecule has 32 heavy (non-hydrogen) atoms. The summed E-state index contributed by atoms with van der Waals surface area (Å²) in [7, 11) is 1.90. The number of rotatable bonds is 8. The zero-order valence-electron chi connectivity index (χ0n) is 19.1. The lowest BCUT2D eigenvalue weighted by atomic mass is 9.96. The largest absolute Gasteiger partial charge is 0.387 e. The smallest absolute Gasteiger partial charge is 0.253 e. The molecule has 2 aliphatic rings. The molecule has 3 atom stereocenters. The van der Waals surface area contributed by atoms with Crippen molar-refractivity contribution in [2.24, 2.45) is 5.92 Å². The molecule has 0 radical (unpaired) electrons. The number of hydrogen-bond donors (Lipinski definition) is 2. The van der Waals surface area contributed by atoms with Crippen LogP contribution in [-0.2, 0) is 11.2 Å². The zero-order chi connectivity index (χ0) is 22.3. The Bertz CT molecular complexity index is 849. The van der Waals surface area contributed by atoms with Crippen molar-refractivity contribution >= 4 is 5.91 Å². The van der Waals surface area contributed by atoms with Crippen LogP contribution < -0.4 is 5.32 Å². The van der Waals surface area contributed by atoms with Crippen molar-refractivity contribution in [1.82, 2.24) is 10.2 Å². The van der Waals surface area contributed by atoms with E-state index in [1.807, 2.05) is 54.4 Å². The van der Waals surface area contributed by atoms with Crippen molar-refractivity contribution in [3.63, 3.8) is 0 Å². The van der Waals surface area contributed by atoms with Gasteiger partial charge in [0, 0.05) is 44.5 Å². The fourth-order valence-electron chi connectivity index (χ4n) is 4.94. The molecule has 0 aliphatic carbocycles. The molecule has 2 aromatic rings. The molecular weight excluding hydrogens is 400 g/mol. The van der Waals surface area contributed by atoms with Gasteiger partial charge < -0.3 is 20.1 Å². The fraction of sp³-hybridized carbons (Fsp3) is 0.519. The van der Waals surface area contributed by atoms with Crippen molar-refractivity contribution in [3.05, 3.63) is 71.3 Å². The molecule has 0 spiro atoms. The molecule has 5 heteroatoms. The molecule has 2 aromatic carbocycles. The molecule has 1 amide bonds. The number of nitrogens with zero attached hydrogens (tertiary/aromatic N) is 1. The summed E-state index contributed by atoms with van der Waals surface area (Å²) >= 11 is 0. The lowest BCUT2D eigenvalue weighted by Gasteiger charge is -2.25. The Morgan fingerprint density at radius 1 is 1.06 bits per heavy atom. The highest BCUT2D eigenvalue weighted by molar-refractivity contribution is 5.94. The standard InChI is InChI=1S/C27H36N2O3/c1-29(16-13-20-14-17-32-18-15-20)27(31)23-9-7-21(8-10-23)19-24-11-12-25(28-24)26(30)22-5-3-2-4-6-22/h2-10,20,24-26,28,30H,11-19H2,1H3/t24-,25+,26+/m0/s1. The van der Waals surface area contributed by atoms with Gasteiger partial charge in [-0.25, -0.2) is 0 Å². The maximum atomic E-state index is 12.8. The molecule has 0 bridgehead atoms. The Hall–Kier alpha value is -2.21.